The highest BCUT2D eigenvalue weighted by Crippen LogP contribution is 2.32. The molecule has 0 unspecified atom stereocenters. The average Bonchev–Trinajstić information content (AvgIpc) is 2.70. The largest absolute Gasteiger partial charge is 0.393 e. The van der Waals surface area contributed by atoms with Crippen molar-refractivity contribution >= 4 is 40.2 Å². The van der Waals surface area contributed by atoms with Crippen LogP contribution in [0, 0.1) is 11.2 Å². The number of aryl methyl sites for hydroxylation is 1. The van der Waals surface area contributed by atoms with E-state index in [2.05, 4.69) is 10.0 Å². The fourth-order valence-corrected chi connectivity index (χ4v) is 3.50. The van der Waals surface area contributed by atoms with Crippen molar-refractivity contribution in [2.75, 3.05) is 18.0 Å². The summed E-state index contributed by atoms with van der Waals surface area (Å²) in [5.41, 5.74) is 3.08. The summed E-state index contributed by atoms with van der Waals surface area (Å²) in [6.07, 6.45) is 6.49. The molecule has 0 aliphatic heterocycles. The molecule has 0 spiro atoms. The summed E-state index contributed by atoms with van der Waals surface area (Å²) in [6, 6.07) is 10.2. The number of nitrogens with one attached hydrogen (secondary N) is 3. The first-order valence-corrected chi connectivity index (χ1v) is 9.83. The van der Waals surface area contributed by atoms with E-state index < -0.39 is 0 Å². The van der Waals surface area contributed by atoms with Gasteiger partial charge in [0, 0.05) is 66.7 Å². The molecule has 0 aliphatic carbocycles. The van der Waals surface area contributed by atoms with Gasteiger partial charge in [-0.25, -0.2) is 4.39 Å². The lowest BCUT2D eigenvalue weighted by Gasteiger charge is -2.13. The Morgan fingerprint density at radius 2 is 1.96 bits per heavy atom. The number of halogens is 1. The summed E-state index contributed by atoms with van der Waals surface area (Å²) in [6.45, 7) is 0. The molecule has 0 fully saturated rings. The third-order valence-corrected chi connectivity index (χ3v) is 4.89. The normalized spacial score (nSPS) is 11.5. The van der Waals surface area contributed by atoms with Gasteiger partial charge in [0.05, 0.1) is 0 Å². The van der Waals surface area contributed by atoms with Gasteiger partial charge in [0.1, 0.15) is 5.82 Å². The van der Waals surface area contributed by atoms with E-state index in [4.69, 9.17) is 5.41 Å². The standard InChI is InChI=1S/C21H21FN4OS/c1-24-11-14(10-23)13-4-6-16-17(8-13)19(12-26(2)21(16)27)18-9-15(25-28-3)5-7-20(18)22/h4-12,23-25H,1-3H3/b14-11+,23-10?. The first kappa shape index (κ1) is 19.7. The van der Waals surface area contributed by atoms with Crippen molar-refractivity contribution in [1.29, 1.82) is 5.41 Å². The number of pyridine rings is 1. The zero-order chi connectivity index (χ0) is 20.3. The van der Waals surface area contributed by atoms with Crippen LogP contribution in [0.2, 0.25) is 0 Å². The van der Waals surface area contributed by atoms with Crippen LogP contribution in [0.15, 0.2) is 53.6 Å². The number of anilines is 1. The predicted molar refractivity (Wildman–Crippen MR) is 118 cm³/mol. The smallest absolute Gasteiger partial charge is 0.258 e. The Labute approximate surface area is 166 Å². The van der Waals surface area contributed by atoms with Gasteiger partial charge in [0.2, 0.25) is 0 Å². The molecule has 0 amide bonds. The maximum atomic E-state index is 14.7. The fraction of sp³-hybridized carbons (Fsp3) is 0.143. The Balaban J connectivity index is 2.35. The molecule has 28 heavy (non-hydrogen) atoms. The highest BCUT2D eigenvalue weighted by Gasteiger charge is 2.14. The van der Waals surface area contributed by atoms with Gasteiger partial charge < -0.3 is 20.0 Å². The minimum Gasteiger partial charge on any atom is -0.393 e. The van der Waals surface area contributed by atoms with Crippen LogP contribution < -0.4 is 15.6 Å². The molecule has 0 radical (unpaired) electrons. The molecule has 0 atom stereocenters. The van der Waals surface area contributed by atoms with E-state index in [9.17, 15) is 9.18 Å². The molecular formula is C21H21FN4OS. The first-order valence-electron chi connectivity index (χ1n) is 8.60. The first-order chi connectivity index (χ1) is 13.5. The van der Waals surface area contributed by atoms with Crippen molar-refractivity contribution in [1.82, 2.24) is 9.88 Å². The zero-order valence-corrected chi connectivity index (χ0v) is 16.7. The molecular weight excluding hydrogens is 375 g/mol. The van der Waals surface area contributed by atoms with Crippen LogP contribution in [-0.2, 0) is 7.05 Å². The number of rotatable bonds is 6. The number of nitrogens with zero attached hydrogens (tertiary/aromatic N) is 1. The number of hydrogen-bond acceptors (Lipinski definition) is 5. The lowest BCUT2D eigenvalue weighted by Crippen LogP contribution is -2.17. The van der Waals surface area contributed by atoms with E-state index in [-0.39, 0.29) is 11.4 Å². The Bertz CT molecular complexity index is 1140. The monoisotopic (exact) mass is 396 g/mol. The molecule has 0 aliphatic rings. The van der Waals surface area contributed by atoms with Gasteiger partial charge >= 0.3 is 0 Å². The van der Waals surface area contributed by atoms with Gasteiger partial charge in [-0.2, -0.15) is 0 Å². The number of allylic oxidation sites excluding steroid dienone is 1. The molecule has 144 valence electrons. The quantitative estimate of drug-likeness (QED) is 0.430. The zero-order valence-electron chi connectivity index (χ0n) is 15.8. The molecule has 3 rings (SSSR count). The van der Waals surface area contributed by atoms with Gasteiger partial charge in [0.25, 0.3) is 5.56 Å². The van der Waals surface area contributed by atoms with E-state index in [1.165, 1.54) is 28.8 Å². The molecule has 0 saturated carbocycles. The maximum Gasteiger partial charge on any atom is 0.258 e. The molecule has 5 nitrogen and oxygen atoms in total. The summed E-state index contributed by atoms with van der Waals surface area (Å²) in [5, 5.41) is 11.7. The lowest BCUT2D eigenvalue weighted by atomic mass is 9.96. The van der Waals surface area contributed by atoms with Gasteiger partial charge in [-0.15, -0.1) is 0 Å². The van der Waals surface area contributed by atoms with Crippen molar-refractivity contribution < 1.29 is 4.39 Å². The highest BCUT2D eigenvalue weighted by molar-refractivity contribution is 7.99. The van der Waals surface area contributed by atoms with Crippen LogP contribution in [0.1, 0.15) is 5.56 Å². The Hall–Kier alpha value is -3.06. The van der Waals surface area contributed by atoms with Crippen molar-refractivity contribution in [3.63, 3.8) is 0 Å². The highest BCUT2D eigenvalue weighted by atomic mass is 32.2. The van der Waals surface area contributed by atoms with Crippen LogP contribution in [0.3, 0.4) is 0 Å². The SMILES string of the molecule is CN/C=C(\C=N)c1ccc2c(=O)n(C)cc(-c3cc(NSC)ccc3F)c2c1. The van der Waals surface area contributed by atoms with Crippen molar-refractivity contribution in [3.8, 4) is 11.1 Å². The van der Waals surface area contributed by atoms with E-state index in [0.29, 0.717) is 27.5 Å². The van der Waals surface area contributed by atoms with Crippen molar-refractivity contribution in [2.24, 2.45) is 7.05 Å². The molecule has 3 N–H and O–H groups in total. The second-order valence-electron chi connectivity index (χ2n) is 6.25. The third kappa shape index (κ3) is 3.66. The number of hydrogen-bond donors (Lipinski definition) is 3. The number of benzene rings is 2. The summed E-state index contributed by atoms with van der Waals surface area (Å²) >= 11 is 1.42. The molecule has 0 saturated heterocycles. The minimum absolute atomic E-state index is 0.155. The van der Waals surface area contributed by atoms with E-state index in [1.807, 2.05) is 12.3 Å². The summed E-state index contributed by atoms with van der Waals surface area (Å²) in [5.74, 6) is -0.366. The van der Waals surface area contributed by atoms with Crippen LogP contribution in [0.4, 0.5) is 10.1 Å². The summed E-state index contributed by atoms with van der Waals surface area (Å²) in [7, 11) is 3.41. The molecule has 1 heterocycles. The van der Waals surface area contributed by atoms with Gasteiger partial charge in [0.15, 0.2) is 0 Å². The molecule has 0 bridgehead atoms. The maximum absolute atomic E-state index is 14.7. The van der Waals surface area contributed by atoms with Gasteiger partial charge in [-0.1, -0.05) is 18.0 Å². The second-order valence-corrected chi connectivity index (χ2v) is 6.87. The summed E-state index contributed by atoms with van der Waals surface area (Å²) < 4.78 is 19.3. The topological polar surface area (TPSA) is 69.9 Å². The Kier molecular flexibility index (Phi) is 5.84. The van der Waals surface area contributed by atoms with Crippen LogP contribution >= 0.6 is 11.9 Å². The van der Waals surface area contributed by atoms with Crippen molar-refractivity contribution in [3.05, 3.63) is 70.5 Å². The number of fused-ring (bicyclic) bond motifs is 1. The van der Waals surface area contributed by atoms with E-state index >= 15 is 0 Å². The van der Waals surface area contributed by atoms with Crippen LogP contribution in [-0.4, -0.2) is 24.1 Å². The lowest BCUT2D eigenvalue weighted by molar-refractivity contribution is 0.631. The molecule has 7 heteroatoms. The molecule has 3 aromatic rings. The Morgan fingerprint density at radius 1 is 1.18 bits per heavy atom. The van der Waals surface area contributed by atoms with Gasteiger partial charge in [-0.05, 0) is 41.3 Å². The Morgan fingerprint density at radius 3 is 2.64 bits per heavy atom. The molecule has 1 aromatic heterocycles. The second kappa shape index (κ2) is 8.31. The number of aromatic nitrogens is 1. The molecule has 2 aromatic carbocycles. The summed E-state index contributed by atoms with van der Waals surface area (Å²) in [4.78, 5) is 12.6. The van der Waals surface area contributed by atoms with E-state index in [0.717, 1.165) is 11.3 Å². The van der Waals surface area contributed by atoms with Gasteiger partial charge in [-0.3, -0.25) is 4.79 Å². The van der Waals surface area contributed by atoms with E-state index in [1.54, 1.807) is 50.8 Å². The average molecular weight is 396 g/mol. The predicted octanol–water partition coefficient (Wildman–Crippen LogP) is 4.24. The van der Waals surface area contributed by atoms with Crippen molar-refractivity contribution in [2.45, 2.75) is 0 Å². The van der Waals surface area contributed by atoms with Crippen LogP contribution in [0.25, 0.3) is 27.5 Å². The van der Waals surface area contributed by atoms with Crippen LogP contribution in [0.5, 0.6) is 0 Å². The fourth-order valence-electron chi connectivity index (χ4n) is 3.14. The third-order valence-electron chi connectivity index (χ3n) is 4.45. The minimum atomic E-state index is -0.366.